The number of hydrogen-bond donors (Lipinski definition) is 0. The molecule has 2 rings (SSSR count). The summed E-state index contributed by atoms with van der Waals surface area (Å²) < 4.78 is 55.3. The summed E-state index contributed by atoms with van der Waals surface area (Å²) in [7, 11) is 0. The average molecular weight is 372 g/mol. The van der Waals surface area contributed by atoms with E-state index >= 15 is 4.39 Å². The largest absolute Gasteiger partial charge is 0.459 e. The van der Waals surface area contributed by atoms with Crippen molar-refractivity contribution in [2.24, 2.45) is 10.8 Å². The molecule has 1 aromatic carbocycles. The molecular formula is C21H31F3O2. The van der Waals surface area contributed by atoms with Crippen molar-refractivity contribution in [1.29, 1.82) is 0 Å². The van der Waals surface area contributed by atoms with Crippen molar-refractivity contribution in [3.05, 3.63) is 28.6 Å². The highest BCUT2D eigenvalue weighted by molar-refractivity contribution is 5.42. The molecule has 1 aliphatic rings. The van der Waals surface area contributed by atoms with Crippen LogP contribution in [0.25, 0.3) is 0 Å². The molecular weight excluding hydrogens is 341 g/mol. The second-order valence-corrected chi connectivity index (χ2v) is 9.55. The van der Waals surface area contributed by atoms with Gasteiger partial charge in [-0.15, -0.1) is 0 Å². The van der Waals surface area contributed by atoms with Gasteiger partial charge < -0.3 is 9.47 Å². The number of halogens is 3. The first-order chi connectivity index (χ1) is 11.8. The molecule has 0 spiro atoms. The minimum absolute atomic E-state index is 0.112. The van der Waals surface area contributed by atoms with Crippen LogP contribution in [-0.2, 0) is 4.74 Å². The molecule has 0 radical (unpaired) electrons. The Labute approximate surface area is 155 Å². The summed E-state index contributed by atoms with van der Waals surface area (Å²) >= 11 is 0. The zero-order valence-corrected chi connectivity index (χ0v) is 16.9. The van der Waals surface area contributed by atoms with Crippen molar-refractivity contribution < 1.29 is 22.6 Å². The lowest BCUT2D eigenvalue weighted by Gasteiger charge is -2.37. The lowest BCUT2D eigenvalue weighted by Crippen LogP contribution is -2.27. The highest BCUT2D eigenvalue weighted by Gasteiger charge is 2.37. The Bertz CT molecular complexity index is 622. The molecule has 148 valence electrons. The van der Waals surface area contributed by atoms with E-state index in [0.29, 0.717) is 19.4 Å². The van der Waals surface area contributed by atoms with Crippen LogP contribution in [0.15, 0.2) is 0 Å². The van der Waals surface area contributed by atoms with Crippen LogP contribution in [0.2, 0.25) is 0 Å². The van der Waals surface area contributed by atoms with Crippen molar-refractivity contribution in [2.45, 2.75) is 79.9 Å². The molecule has 0 amide bonds. The third kappa shape index (κ3) is 4.54. The average Bonchev–Trinajstić information content (AvgIpc) is 3.00. The van der Waals surface area contributed by atoms with Gasteiger partial charge in [-0.2, -0.15) is 4.39 Å². The number of benzene rings is 1. The predicted molar refractivity (Wildman–Crippen MR) is 96.9 cm³/mol. The standard InChI is InChI=1S/C21H31F3O2/c1-12-15(13(21(5,6)7)11-20(2,3)4)17(23)18(24)19(16(12)22)26-14-9-8-10-25-14/h13-14H,8-11H2,1-7H3. The minimum atomic E-state index is -1.26. The summed E-state index contributed by atoms with van der Waals surface area (Å²) in [6, 6.07) is 0. The monoisotopic (exact) mass is 372 g/mol. The molecule has 5 heteroatoms. The van der Waals surface area contributed by atoms with Crippen LogP contribution in [0.5, 0.6) is 5.75 Å². The first-order valence-electron chi connectivity index (χ1n) is 9.28. The Morgan fingerprint density at radius 2 is 1.65 bits per heavy atom. The Morgan fingerprint density at radius 1 is 1.04 bits per heavy atom. The van der Waals surface area contributed by atoms with E-state index in [1.54, 1.807) is 0 Å². The molecule has 0 aliphatic carbocycles. The van der Waals surface area contributed by atoms with E-state index < -0.39 is 29.5 Å². The predicted octanol–water partition coefficient (Wildman–Crippen LogP) is 6.49. The zero-order chi connectivity index (χ0) is 19.9. The highest BCUT2D eigenvalue weighted by Crippen LogP contribution is 2.47. The Kier molecular flexibility index (Phi) is 6.01. The summed E-state index contributed by atoms with van der Waals surface area (Å²) in [5.74, 6) is -4.11. The molecule has 0 aromatic heterocycles. The maximum Gasteiger partial charge on any atom is 0.204 e. The zero-order valence-electron chi connectivity index (χ0n) is 16.9. The van der Waals surface area contributed by atoms with Crippen LogP contribution in [0.1, 0.15) is 77.8 Å². The van der Waals surface area contributed by atoms with E-state index in [9.17, 15) is 8.78 Å². The van der Waals surface area contributed by atoms with Gasteiger partial charge in [-0.25, -0.2) is 8.78 Å². The van der Waals surface area contributed by atoms with Crippen molar-refractivity contribution in [3.63, 3.8) is 0 Å². The van der Waals surface area contributed by atoms with Gasteiger partial charge in [0.25, 0.3) is 0 Å². The molecule has 0 N–H and O–H groups in total. The van der Waals surface area contributed by atoms with Crippen molar-refractivity contribution in [2.75, 3.05) is 6.61 Å². The lowest BCUT2D eigenvalue weighted by molar-refractivity contribution is -0.0437. The van der Waals surface area contributed by atoms with Gasteiger partial charge in [0.05, 0.1) is 6.61 Å². The summed E-state index contributed by atoms with van der Waals surface area (Å²) in [4.78, 5) is 0. The second kappa shape index (κ2) is 7.41. The van der Waals surface area contributed by atoms with E-state index in [-0.39, 0.29) is 27.9 Å². The summed E-state index contributed by atoms with van der Waals surface area (Å²) in [5.41, 5.74) is -0.242. The van der Waals surface area contributed by atoms with Crippen LogP contribution in [0.4, 0.5) is 13.2 Å². The molecule has 1 fully saturated rings. The summed E-state index contributed by atoms with van der Waals surface area (Å²) in [5, 5.41) is 0. The maximum atomic E-state index is 15.1. The number of hydrogen-bond acceptors (Lipinski definition) is 2. The third-order valence-electron chi connectivity index (χ3n) is 4.91. The summed E-state index contributed by atoms with van der Waals surface area (Å²) in [6.07, 6.45) is 1.18. The van der Waals surface area contributed by atoms with Gasteiger partial charge >= 0.3 is 0 Å². The molecule has 26 heavy (non-hydrogen) atoms. The van der Waals surface area contributed by atoms with Gasteiger partial charge in [0.2, 0.25) is 5.82 Å². The quantitative estimate of drug-likeness (QED) is 0.562. The van der Waals surface area contributed by atoms with Crippen LogP contribution in [-0.4, -0.2) is 12.9 Å². The van der Waals surface area contributed by atoms with Crippen molar-refractivity contribution in [3.8, 4) is 5.75 Å². The molecule has 2 atom stereocenters. The molecule has 2 unspecified atom stereocenters. The van der Waals surface area contributed by atoms with Crippen LogP contribution in [0.3, 0.4) is 0 Å². The van der Waals surface area contributed by atoms with Gasteiger partial charge in [0.1, 0.15) is 0 Å². The molecule has 2 nitrogen and oxygen atoms in total. The topological polar surface area (TPSA) is 18.5 Å². The second-order valence-electron chi connectivity index (χ2n) is 9.55. The van der Waals surface area contributed by atoms with Gasteiger partial charge in [-0.3, -0.25) is 0 Å². The normalized spacial score (nSPS) is 19.7. The van der Waals surface area contributed by atoms with Gasteiger partial charge in [0.15, 0.2) is 23.7 Å². The Balaban J connectivity index is 2.54. The minimum Gasteiger partial charge on any atom is -0.459 e. The maximum absolute atomic E-state index is 15.1. The third-order valence-corrected chi connectivity index (χ3v) is 4.91. The van der Waals surface area contributed by atoms with Crippen LogP contribution < -0.4 is 4.74 Å². The molecule has 1 aromatic rings. The number of ether oxygens (including phenoxy) is 2. The van der Waals surface area contributed by atoms with E-state index in [2.05, 4.69) is 0 Å². The van der Waals surface area contributed by atoms with Crippen molar-refractivity contribution in [1.82, 2.24) is 0 Å². The van der Waals surface area contributed by atoms with E-state index in [4.69, 9.17) is 9.47 Å². The molecule has 1 saturated heterocycles. The first-order valence-corrected chi connectivity index (χ1v) is 9.28. The molecule has 0 saturated carbocycles. The van der Waals surface area contributed by atoms with E-state index in [0.717, 1.165) is 6.42 Å². The lowest BCUT2D eigenvalue weighted by atomic mass is 9.68. The van der Waals surface area contributed by atoms with Crippen LogP contribution in [0, 0.1) is 35.2 Å². The Hall–Kier alpha value is -1.23. The van der Waals surface area contributed by atoms with E-state index in [1.165, 1.54) is 6.92 Å². The fourth-order valence-electron chi connectivity index (χ4n) is 3.51. The highest BCUT2D eigenvalue weighted by atomic mass is 19.2. The van der Waals surface area contributed by atoms with Crippen molar-refractivity contribution >= 4 is 0 Å². The fraction of sp³-hybridized carbons (Fsp3) is 0.714. The SMILES string of the molecule is Cc1c(F)c(OC2CCCO2)c(F)c(F)c1C(CC(C)(C)C)C(C)(C)C. The van der Waals surface area contributed by atoms with E-state index in [1.807, 2.05) is 41.5 Å². The Morgan fingerprint density at radius 3 is 2.12 bits per heavy atom. The van der Waals surface area contributed by atoms with Gasteiger partial charge in [0, 0.05) is 12.0 Å². The van der Waals surface area contributed by atoms with Gasteiger partial charge in [-0.05, 0) is 42.1 Å². The molecule has 1 aliphatic heterocycles. The fourth-order valence-corrected chi connectivity index (χ4v) is 3.51. The van der Waals surface area contributed by atoms with Gasteiger partial charge in [-0.1, -0.05) is 41.5 Å². The molecule has 0 bridgehead atoms. The van der Waals surface area contributed by atoms with Crippen LogP contribution >= 0.6 is 0 Å². The summed E-state index contributed by atoms with van der Waals surface area (Å²) in [6.45, 7) is 14.0. The number of rotatable bonds is 4. The smallest absolute Gasteiger partial charge is 0.204 e. The molecule has 1 heterocycles. The first kappa shape index (κ1) is 21.1.